The minimum atomic E-state index is -0.343. The highest BCUT2D eigenvalue weighted by Gasteiger charge is 2.19. The Balaban J connectivity index is 1.51. The van der Waals surface area contributed by atoms with Crippen LogP contribution in [0.2, 0.25) is 0 Å². The monoisotopic (exact) mass is 438 g/mol. The molecule has 33 heavy (non-hydrogen) atoms. The summed E-state index contributed by atoms with van der Waals surface area (Å²) in [5.41, 5.74) is 5.78. The van der Waals surface area contributed by atoms with E-state index >= 15 is 0 Å². The molecule has 0 aliphatic heterocycles. The number of hydrogen-bond acceptors (Lipinski definition) is 3. The van der Waals surface area contributed by atoms with Crippen molar-refractivity contribution in [3.05, 3.63) is 107 Å². The number of nitrogens with zero attached hydrogens (tertiary/aromatic N) is 2. The third-order valence-corrected chi connectivity index (χ3v) is 5.53. The molecule has 2 amide bonds. The maximum Gasteiger partial charge on any atom is 0.255 e. The van der Waals surface area contributed by atoms with E-state index in [0.717, 1.165) is 27.9 Å². The molecule has 0 fully saturated rings. The van der Waals surface area contributed by atoms with Crippen LogP contribution >= 0.6 is 0 Å². The van der Waals surface area contributed by atoms with Crippen molar-refractivity contribution in [1.82, 2.24) is 15.1 Å². The first-order valence-corrected chi connectivity index (χ1v) is 10.8. The molecule has 6 nitrogen and oxygen atoms in total. The lowest BCUT2D eigenvalue weighted by Gasteiger charge is -2.11. The standard InChI is InChI=1S/C27H26N4O2/c1-19-10-9-15-24(20(19)2)29-25(32)16-28-27(33)23-18-31(17-21-11-5-3-6-12-21)30-26(23)22-13-7-4-8-14-22/h3-15,18H,16-17H2,1-2H3,(H,28,33)(H,29,32). The quantitative estimate of drug-likeness (QED) is 0.443. The van der Waals surface area contributed by atoms with Crippen LogP contribution in [0.4, 0.5) is 5.69 Å². The van der Waals surface area contributed by atoms with Crippen molar-refractivity contribution in [2.24, 2.45) is 0 Å². The molecule has 166 valence electrons. The number of aromatic nitrogens is 2. The number of carbonyl (C=O) groups is 2. The van der Waals surface area contributed by atoms with E-state index in [0.29, 0.717) is 17.8 Å². The molecule has 4 aromatic rings. The molecule has 0 bridgehead atoms. The van der Waals surface area contributed by atoms with Crippen molar-refractivity contribution in [2.75, 3.05) is 11.9 Å². The first kappa shape index (κ1) is 22.0. The molecule has 1 aromatic heterocycles. The SMILES string of the molecule is Cc1cccc(NC(=O)CNC(=O)c2cn(Cc3ccccc3)nc2-c2ccccc2)c1C. The van der Waals surface area contributed by atoms with Gasteiger partial charge in [-0.05, 0) is 36.6 Å². The Hall–Kier alpha value is -4.19. The summed E-state index contributed by atoms with van der Waals surface area (Å²) in [6.45, 7) is 4.35. The van der Waals surface area contributed by atoms with E-state index in [4.69, 9.17) is 0 Å². The average molecular weight is 439 g/mol. The second-order valence-corrected chi connectivity index (χ2v) is 7.92. The Kier molecular flexibility index (Phi) is 6.64. The van der Waals surface area contributed by atoms with Crippen LogP contribution < -0.4 is 10.6 Å². The second kappa shape index (κ2) is 9.96. The van der Waals surface area contributed by atoms with Crippen molar-refractivity contribution in [3.63, 3.8) is 0 Å². The van der Waals surface area contributed by atoms with Crippen molar-refractivity contribution in [1.29, 1.82) is 0 Å². The van der Waals surface area contributed by atoms with E-state index in [2.05, 4.69) is 15.7 Å². The van der Waals surface area contributed by atoms with Gasteiger partial charge in [-0.2, -0.15) is 5.10 Å². The van der Waals surface area contributed by atoms with Gasteiger partial charge in [-0.1, -0.05) is 72.8 Å². The molecule has 3 aromatic carbocycles. The molecule has 0 saturated heterocycles. The van der Waals surface area contributed by atoms with E-state index < -0.39 is 0 Å². The van der Waals surface area contributed by atoms with Gasteiger partial charge in [0, 0.05) is 17.4 Å². The number of carbonyl (C=O) groups excluding carboxylic acids is 2. The summed E-state index contributed by atoms with van der Waals surface area (Å²) in [6.07, 6.45) is 1.73. The van der Waals surface area contributed by atoms with Crippen LogP contribution in [0.25, 0.3) is 11.3 Å². The highest BCUT2D eigenvalue weighted by atomic mass is 16.2. The van der Waals surface area contributed by atoms with Crippen molar-refractivity contribution in [3.8, 4) is 11.3 Å². The van der Waals surface area contributed by atoms with Crippen LogP contribution in [0.5, 0.6) is 0 Å². The summed E-state index contributed by atoms with van der Waals surface area (Å²) in [6, 6.07) is 25.2. The number of anilines is 1. The van der Waals surface area contributed by atoms with Crippen LogP contribution in [0.3, 0.4) is 0 Å². The molecule has 0 aliphatic rings. The molecular formula is C27H26N4O2. The zero-order valence-electron chi connectivity index (χ0n) is 18.7. The Morgan fingerprint density at radius 3 is 2.30 bits per heavy atom. The van der Waals surface area contributed by atoms with Crippen molar-refractivity contribution in [2.45, 2.75) is 20.4 Å². The topological polar surface area (TPSA) is 76.0 Å². The smallest absolute Gasteiger partial charge is 0.255 e. The average Bonchev–Trinajstić information content (AvgIpc) is 3.25. The van der Waals surface area contributed by atoms with Crippen LogP contribution in [-0.2, 0) is 11.3 Å². The molecule has 4 rings (SSSR count). The number of rotatable bonds is 7. The lowest BCUT2D eigenvalue weighted by molar-refractivity contribution is -0.115. The van der Waals surface area contributed by atoms with Crippen LogP contribution in [0.1, 0.15) is 27.0 Å². The van der Waals surface area contributed by atoms with Crippen LogP contribution in [-0.4, -0.2) is 28.1 Å². The summed E-state index contributed by atoms with van der Waals surface area (Å²) in [4.78, 5) is 25.5. The van der Waals surface area contributed by atoms with Gasteiger partial charge in [-0.25, -0.2) is 0 Å². The molecule has 0 spiro atoms. The molecule has 6 heteroatoms. The zero-order chi connectivity index (χ0) is 23.2. The molecule has 0 saturated carbocycles. The van der Waals surface area contributed by atoms with E-state index in [1.165, 1.54) is 0 Å². The van der Waals surface area contributed by atoms with Gasteiger partial charge in [-0.15, -0.1) is 0 Å². The number of nitrogens with one attached hydrogen (secondary N) is 2. The zero-order valence-corrected chi connectivity index (χ0v) is 18.7. The van der Waals surface area contributed by atoms with E-state index in [1.54, 1.807) is 10.9 Å². The van der Waals surface area contributed by atoms with Gasteiger partial charge < -0.3 is 10.6 Å². The van der Waals surface area contributed by atoms with E-state index in [1.807, 2.05) is 92.7 Å². The summed E-state index contributed by atoms with van der Waals surface area (Å²) in [5.74, 6) is -0.626. The molecule has 0 aliphatic carbocycles. The second-order valence-electron chi connectivity index (χ2n) is 7.92. The molecule has 2 N–H and O–H groups in total. The minimum Gasteiger partial charge on any atom is -0.343 e. The van der Waals surface area contributed by atoms with Crippen molar-refractivity contribution >= 4 is 17.5 Å². The Bertz CT molecular complexity index is 1260. The first-order chi connectivity index (χ1) is 16.0. The highest BCUT2D eigenvalue weighted by Crippen LogP contribution is 2.22. The fourth-order valence-electron chi connectivity index (χ4n) is 3.58. The molecule has 0 unspecified atom stereocenters. The third-order valence-electron chi connectivity index (χ3n) is 5.53. The third kappa shape index (κ3) is 5.36. The molecule has 0 atom stereocenters. The maximum atomic E-state index is 13.0. The Morgan fingerprint density at radius 1 is 0.879 bits per heavy atom. The summed E-state index contributed by atoms with van der Waals surface area (Å²) in [7, 11) is 0. The normalized spacial score (nSPS) is 10.6. The number of hydrogen-bond donors (Lipinski definition) is 2. The van der Waals surface area contributed by atoms with Gasteiger partial charge in [0.1, 0.15) is 5.69 Å². The number of benzene rings is 3. The number of amides is 2. The minimum absolute atomic E-state index is 0.135. The van der Waals surface area contributed by atoms with Gasteiger partial charge in [0.05, 0.1) is 18.7 Å². The Morgan fingerprint density at radius 2 is 1.58 bits per heavy atom. The predicted octanol–water partition coefficient (Wildman–Crippen LogP) is 4.58. The van der Waals surface area contributed by atoms with Gasteiger partial charge in [0.15, 0.2) is 0 Å². The van der Waals surface area contributed by atoms with E-state index in [-0.39, 0.29) is 18.4 Å². The summed E-state index contributed by atoms with van der Waals surface area (Å²) >= 11 is 0. The molecular weight excluding hydrogens is 412 g/mol. The lowest BCUT2D eigenvalue weighted by Crippen LogP contribution is -2.33. The predicted molar refractivity (Wildman–Crippen MR) is 130 cm³/mol. The lowest BCUT2D eigenvalue weighted by atomic mass is 10.1. The van der Waals surface area contributed by atoms with Crippen molar-refractivity contribution < 1.29 is 9.59 Å². The van der Waals surface area contributed by atoms with Gasteiger partial charge in [0.25, 0.3) is 5.91 Å². The largest absolute Gasteiger partial charge is 0.343 e. The first-order valence-electron chi connectivity index (χ1n) is 10.8. The van der Waals surface area contributed by atoms with Gasteiger partial charge in [-0.3, -0.25) is 14.3 Å². The van der Waals surface area contributed by atoms with Gasteiger partial charge in [0.2, 0.25) is 5.91 Å². The molecule has 0 radical (unpaired) electrons. The highest BCUT2D eigenvalue weighted by molar-refractivity contribution is 6.02. The van der Waals surface area contributed by atoms with Crippen LogP contribution in [0, 0.1) is 13.8 Å². The van der Waals surface area contributed by atoms with E-state index in [9.17, 15) is 9.59 Å². The number of aryl methyl sites for hydroxylation is 1. The van der Waals surface area contributed by atoms with Crippen LogP contribution in [0.15, 0.2) is 85.1 Å². The molecule has 1 heterocycles. The van der Waals surface area contributed by atoms with Gasteiger partial charge >= 0.3 is 0 Å². The maximum absolute atomic E-state index is 13.0. The fourth-order valence-corrected chi connectivity index (χ4v) is 3.58. The fraction of sp³-hybridized carbons (Fsp3) is 0.148. The summed E-state index contributed by atoms with van der Waals surface area (Å²) < 4.78 is 1.75. The summed E-state index contributed by atoms with van der Waals surface area (Å²) in [5, 5.41) is 10.3. The Labute approximate surface area is 193 Å².